The zero-order valence-electron chi connectivity index (χ0n) is 58.1. The number of carbonyl (C=O) groups excluding carboxylic acids is 5. The van der Waals surface area contributed by atoms with Crippen molar-refractivity contribution < 1.29 is 57.6 Å². The topological polar surface area (TPSA) is 298 Å². The number of aromatic nitrogens is 3. The van der Waals surface area contributed by atoms with Crippen LogP contribution in [0.15, 0.2) is 127 Å². The number of pyridine rings is 3. The van der Waals surface area contributed by atoms with Crippen LogP contribution in [0.4, 0.5) is 17.5 Å². The summed E-state index contributed by atoms with van der Waals surface area (Å²) in [4.78, 5) is 92.1. The summed E-state index contributed by atoms with van der Waals surface area (Å²) < 4.78 is 27.3. The van der Waals surface area contributed by atoms with Crippen LogP contribution in [0.25, 0.3) is 0 Å². The van der Waals surface area contributed by atoms with Crippen molar-refractivity contribution in [2.75, 3.05) is 90.8 Å². The second-order valence-corrected chi connectivity index (χ2v) is 24.8. The molecule has 24 heteroatoms. The van der Waals surface area contributed by atoms with Crippen LogP contribution >= 0.6 is 0 Å². The first-order valence-corrected chi connectivity index (χ1v) is 34.0. The van der Waals surface area contributed by atoms with Crippen molar-refractivity contribution >= 4 is 53.1 Å². The van der Waals surface area contributed by atoms with Gasteiger partial charge in [-0.05, 0) is 175 Å². The van der Waals surface area contributed by atoms with Gasteiger partial charge in [-0.3, -0.25) is 24.2 Å². The van der Waals surface area contributed by atoms with E-state index in [1.54, 1.807) is 0 Å². The standard InChI is InChI=1S/C26H36N4O4.C25H34N4O4.C23H30N4O4/c1-18(2)30-15-6-8-23(30)25(31)29-22(26(32)33-4)17-19-10-12-21(13-11-19)34-16-14-20-7-5-9-24(27-3)28-20;1-17(2)29-14-5-7-22(29)24(30)28-21(25(31)32)16-18-9-11-20(12-10-18)33-15-13-19-6-4-8-23(26-3)27-19;1-24-21-7-3-5-17(26-21)12-14-31-18-10-8-16(9-11-18)15-20(23(29)30-2)27-22(28)19-6-4-13-25-19/h5,7,9-13,18,22-23H,6,8,14-17H2,1-4H3,(H,27,28)(H,29,31);4,6,8-12,17,21-22H,5,7,13-16H2,1-3H3,(H,26,27)(H,28,30)(H,31,32);3,5,7-11,19-20,25H,4,6,12-15H2,1-2H3,(H,24,26)(H,27,28)/t22-,23?;21-,22?;19?,20-/m000/s1. The molecule has 3 aliphatic heterocycles. The fourth-order valence-electron chi connectivity index (χ4n) is 11.9. The van der Waals surface area contributed by atoms with Crippen LogP contribution in [0, 0.1) is 0 Å². The maximum absolute atomic E-state index is 12.9. The summed E-state index contributed by atoms with van der Waals surface area (Å²) in [6.07, 6.45) is 8.24. The highest BCUT2D eigenvalue weighted by molar-refractivity contribution is 5.89. The Kier molecular flexibility index (Phi) is 30.8. The molecule has 98 heavy (non-hydrogen) atoms. The number of anilines is 3. The van der Waals surface area contributed by atoms with E-state index in [1.165, 1.54) is 14.2 Å². The predicted molar refractivity (Wildman–Crippen MR) is 378 cm³/mol. The highest BCUT2D eigenvalue weighted by atomic mass is 16.5. The predicted octanol–water partition coefficient (Wildman–Crippen LogP) is 7.24. The minimum absolute atomic E-state index is 0.113. The molecule has 3 aromatic carbocycles. The van der Waals surface area contributed by atoms with Crippen LogP contribution in [0.3, 0.4) is 0 Å². The first-order valence-electron chi connectivity index (χ1n) is 34.0. The molecule has 3 unspecified atom stereocenters. The molecule has 3 saturated heterocycles. The van der Waals surface area contributed by atoms with Gasteiger partial charge in [0.05, 0.1) is 52.2 Å². The smallest absolute Gasteiger partial charge is 0.328 e. The number of rotatable bonds is 32. The Morgan fingerprint density at radius 2 is 0.827 bits per heavy atom. The Morgan fingerprint density at radius 3 is 1.14 bits per heavy atom. The van der Waals surface area contributed by atoms with Crippen molar-refractivity contribution in [3.05, 3.63) is 161 Å². The van der Waals surface area contributed by atoms with E-state index in [-0.39, 0.29) is 54.4 Å². The number of ether oxygens (including phenoxy) is 5. The number of likely N-dealkylation sites (tertiary alicyclic amines) is 2. The molecule has 0 saturated carbocycles. The number of nitrogens with zero attached hydrogens (tertiary/aromatic N) is 5. The average Bonchev–Trinajstić information content (AvgIpc) is 1.72. The van der Waals surface area contributed by atoms with Gasteiger partial charge in [0.1, 0.15) is 52.8 Å². The molecule has 3 aromatic heterocycles. The normalized spacial score (nSPS) is 16.7. The van der Waals surface area contributed by atoms with Gasteiger partial charge < -0.3 is 66.0 Å². The van der Waals surface area contributed by atoms with E-state index in [0.717, 1.165) is 121 Å². The second kappa shape index (κ2) is 39.7. The van der Waals surface area contributed by atoms with E-state index in [0.29, 0.717) is 57.7 Å². The lowest BCUT2D eigenvalue weighted by atomic mass is 10.0. The van der Waals surface area contributed by atoms with Crippen molar-refractivity contribution in [3.63, 3.8) is 0 Å². The van der Waals surface area contributed by atoms with E-state index in [2.05, 4.69) is 89.7 Å². The number of carboxylic acid groups (broad SMARTS) is 1. The lowest BCUT2D eigenvalue weighted by molar-refractivity contribution is -0.145. The van der Waals surface area contributed by atoms with Crippen molar-refractivity contribution in [2.45, 2.75) is 153 Å². The third-order valence-electron chi connectivity index (χ3n) is 17.3. The minimum atomic E-state index is -1.03. The van der Waals surface area contributed by atoms with Crippen molar-refractivity contribution in [1.82, 2.24) is 46.0 Å². The van der Waals surface area contributed by atoms with E-state index >= 15 is 0 Å². The largest absolute Gasteiger partial charge is 0.493 e. The molecular formula is C74H100N12O12. The van der Waals surface area contributed by atoms with Crippen molar-refractivity contribution in [1.29, 1.82) is 0 Å². The Bertz CT molecular complexity index is 3460. The van der Waals surface area contributed by atoms with Gasteiger partial charge in [0.2, 0.25) is 17.7 Å². The van der Waals surface area contributed by atoms with Gasteiger partial charge in [-0.2, -0.15) is 0 Å². The fraction of sp³-hybridized carbons (Fsp3) is 0.473. The Hall–Kier alpha value is -9.39. The van der Waals surface area contributed by atoms with Gasteiger partial charge in [-0.1, -0.05) is 54.6 Å². The van der Waals surface area contributed by atoms with Crippen LogP contribution < -0.4 is 51.4 Å². The zero-order chi connectivity index (χ0) is 70.3. The van der Waals surface area contributed by atoms with Crippen molar-refractivity contribution in [2.24, 2.45) is 0 Å². The van der Waals surface area contributed by atoms with Gasteiger partial charge in [0, 0.05) is 88.8 Å². The van der Waals surface area contributed by atoms with E-state index < -0.39 is 36.0 Å². The van der Waals surface area contributed by atoms with Crippen LogP contribution in [-0.4, -0.2) is 189 Å². The van der Waals surface area contributed by atoms with E-state index in [1.807, 2.05) is 149 Å². The Morgan fingerprint density at radius 1 is 0.480 bits per heavy atom. The number of nitrogens with one attached hydrogen (secondary N) is 7. The quantitative estimate of drug-likeness (QED) is 0.0193. The molecule has 9 rings (SSSR count). The first-order chi connectivity index (χ1) is 47.4. The SMILES string of the molecule is CNc1cccc(CCOc2ccc(C[C@H](NC(=O)C3CCCN3)C(=O)OC)cc2)n1.CNc1cccc(CCOc2ccc(C[C@H](NC(=O)C3CCCN3C(C)C)C(=O)O)cc2)n1.CNc1cccc(CCOc2ccc(C[C@H](NC(=O)C3CCCN3C(C)C)C(=O)OC)cc2)n1. The number of esters is 2. The number of aliphatic carboxylic acids is 1. The molecule has 3 amide bonds. The molecule has 6 aromatic rings. The number of carboxylic acids is 1. The zero-order valence-corrected chi connectivity index (χ0v) is 58.1. The second-order valence-electron chi connectivity index (χ2n) is 24.8. The molecule has 6 atom stereocenters. The number of methoxy groups -OCH3 is 2. The molecular weight excluding hydrogens is 1250 g/mol. The van der Waals surface area contributed by atoms with Crippen LogP contribution in [0.2, 0.25) is 0 Å². The first kappa shape index (κ1) is 76.0. The number of benzene rings is 3. The Balaban J connectivity index is 0.000000207. The molecule has 3 fully saturated rings. The summed E-state index contributed by atoms with van der Waals surface area (Å²) in [6.45, 7) is 12.4. The van der Waals surface area contributed by atoms with E-state index in [9.17, 15) is 33.9 Å². The lowest BCUT2D eigenvalue weighted by Gasteiger charge is -2.28. The average molecular weight is 1350 g/mol. The summed E-state index contributed by atoms with van der Waals surface area (Å²) in [6, 6.07) is 37.3. The van der Waals surface area contributed by atoms with Crippen LogP contribution in [0.5, 0.6) is 17.2 Å². The molecule has 0 spiro atoms. The van der Waals surface area contributed by atoms with Gasteiger partial charge in [0.15, 0.2) is 0 Å². The summed E-state index contributed by atoms with van der Waals surface area (Å²) in [5.74, 6) is 2.26. The third-order valence-corrected chi connectivity index (χ3v) is 17.3. The summed E-state index contributed by atoms with van der Waals surface area (Å²) >= 11 is 0. The summed E-state index contributed by atoms with van der Waals surface area (Å²) in [5.41, 5.74) is 5.50. The van der Waals surface area contributed by atoms with Crippen LogP contribution in [0.1, 0.15) is 100.0 Å². The number of carbonyl (C=O) groups is 6. The summed E-state index contributed by atoms with van der Waals surface area (Å²) in [7, 11) is 8.18. The molecule has 0 aliphatic carbocycles. The molecule has 6 heterocycles. The molecule has 8 N–H and O–H groups in total. The Labute approximate surface area is 576 Å². The molecule has 24 nitrogen and oxygen atoms in total. The van der Waals surface area contributed by atoms with Gasteiger partial charge in [-0.15, -0.1) is 0 Å². The van der Waals surface area contributed by atoms with Crippen molar-refractivity contribution in [3.8, 4) is 17.2 Å². The van der Waals surface area contributed by atoms with Gasteiger partial charge in [-0.25, -0.2) is 29.3 Å². The molecule has 528 valence electrons. The highest BCUT2D eigenvalue weighted by Gasteiger charge is 2.36. The van der Waals surface area contributed by atoms with Crippen LogP contribution in [-0.2, 0) is 76.8 Å². The summed E-state index contributed by atoms with van der Waals surface area (Å²) in [5, 5.41) is 30.3. The van der Waals surface area contributed by atoms with Gasteiger partial charge >= 0.3 is 17.9 Å². The fourth-order valence-corrected chi connectivity index (χ4v) is 11.9. The number of hydrogen-bond donors (Lipinski definition) is 8. The lowest BCUT2D eigenvalue weighted by Crippen LogP contribution is -2.51. The third kappa shape index (κ3) is 24.3. The maximum atomic E-state index is 12.9. The molecule has 3 aliphatic rings. The molecule has 0 radical (unpaired) electrons. The van der Waals surface area contributed by atoms with E-state index in [4.69, 9.17) is 23.7 Å². The maximum Gasteiger partial charge on any atom is 0.328 e. The number of hydrogen-bond acceptors (Lipinski definition) is 20. The highest BCUT2D eigenvalue weighted by Crippen LogP contribution is 2.24. The number of amides is 3. The molecule has 0 bridgehead atoms. The van der Waals surface area contributed by atoms with Gasteiger partial charge in [0.25, 0.3) is 0 Å². The minimum Gasteiger partial charge on any atom is -0.493 e. The monoisotopic (exact) mass is 1350 g/mol.